The molecule has 202 valence electrons. The number of ether oxygens (including phenoxy) is 3. The Bertz CT molecular complexity index is 1240. The Hall–Kier alpha value is -4.44. The second kappa shape index (κ2) is 13.2. The van der Waals surface area contributed by atoms with E-state index in [1.807, 2.05) is 6.07 Å². The zero-order valence-corrected chi connectivity index (χ0v) is 21.7. The second-order valence-corrected chi connectivity index (χ2v) is 9.13. The standard InChI is InChI=1S/C25H31FN8O4/c1-25(2,3)38-24(35)29-15-19(16-34-9-5-7-30-34)32-23-20(26)12-17(14-27)22(33-23)31-18-6-8-28-21(13-18)37-11-10-36-4/h5-9,12-13,19H,10-11,15-16H2,1-4H3,(H,29,35)(H2,28,31,32,33)/t19-/m0/s1. The van der Waals surface area contributed by atoms with Crippen molar-refractivity contribution in [1.82, 2.24) is 25.1 Å². The van der Waals surface area contributed by atoms with Crippen LogP contribution in [0.25, 0.3) is 0 Å². The highest BCUT2D eigenvalue weighted by Gasteiger charge is 2.20. The molecule has 0 aromatic carbocycles. The quantitative estimate of drug-likeness (QED) is 0.300. The van der Waals surface area contributed by atoms with Gasteiger partial charge in [-0.25, -0.2) is 19.2 Å². The van der Waals surface area contributed by atoms with Crippen LogP contribution in [0, 0.1) is 17.1 Å². The molecule has 1 amide bonds. The van der Waals surface area contributed by atoms with Crippen LogP contribution in [0.5, 0.6) is 5.88 Å². The third kappa shape index (κ3) is 8.90. The Balaban J connectivity index is 1.80. The van der Waals surface area contributed by atoms with Crippen molar-refractivity contribution in [3.8, 4) is 11.9 Å². The van der Waals surface area contributed by atoms with Crippen LogP contribution < -0.4 is 20.7 Å². The van der Waals surface area contributed by atoms with Crippen molar-refractivity contribution >= 4 is 23.4 Å². The van der Waals surface area contributed by atoms with E-state index in [0.717, 1.165) is 6.07 Å². The van der Waals surface area contributed by atoms with Gasteiger partial charge in [0.1, 0.15) is 18.3 Å². The first-order valence-electron chi connectivity index (χ1n) is 11.8. The molecule has 0 aliphatic rings. The summed E-state index contributed by atoms with van der Waals surface area (Å²) in [5.74, 6) is -0.365. The van der Waals surface area contributed by atoms with Crippen LogP contribution in [-0.4, -0.2) is 64.4 Å². The highest BCUT2D eigenvalue weighted by molar-refractivity contribution is 5.68. The average Bonchev–Trinajstić information content (AvgIpc) is 3.37. The van der Waals surface area contributed by atoms with Gasteiger partial charge in [0.25, 0.3) is 0 Å². The number of alkyl carbamates (subject to hydrolysis) is 1. The monoisotopic (exact) mass is 526 g/mol. The number of methoxy groups -OCH3 is 1. The van der Waals surface area contributed by atoms with Crippen molar-refractivity contribution in [3.05, 3.63) is 54.2 Å². The molecule has 3 aromatic heterocycles. The average molecular weight is 527 g/mol. The number of hydrogen-bond acceptors (Lipinski definition) is 10. The van der Waals surface area contributed by atoms with Gasteiger partial charge >= 0.3 is 6.09 Å². The first kappa shape index (κ1) is 28.1. The van der Waals surface area contributed by atoms with E-state index in [1.165, 1.54) is 6.20 Å². The predicted molar refractivity (Wildman–Crippen MR) is 138 cm³/mol. The Morgan fingerprint density at radius 2 is 2.05 bits per heavy atom. The minimum atomic E-state index is -0.729. The molecule has 38 heavy (non-hydrogen) atoms. The van der Waals surface area contributed by atoms with Crippen LogP contribution in [0.2, 0.25) is 0 Å². The minimum absolute atomic E-state index is 0.00206. The Morgan fingerprint density at radius 1 is 1.24 bits per heavy atom. The summed E-state index contributed by atoms with van der Waals surface area (Å²) < 4.78 is 32.4. The van der Waals surface area contributed by atoms with Gasteiger partial charge in [-0.2, -0.15) is 10.4 Å². The van der Waals surface area contributed by atoms with Gasteiger partial charge in [0, 0.05) is 44.0 Å². The van der Waals surface area contributed by atoms with E-state index in [2.05, 4.69) is 31.0 Å². The highest BCUT2D eigenvalue weighted by atomic mass is 19.1. The molecule has 1 atom stereocenters. The van der Waals surface area contributed by atoms with Gasteiger partial charge in [0.2, 0.25) is 5.88 Å². The maximum atomic E-state index is 15.0. The van der Waals surface area contributed by atoms with Crippen molar-refractivity contribution in [2.75, 3.05) is 37.5 Å². The molecular weight excluding hydrogens is 495 g/mol. The second-order valence-electron chi connectivity index (χ2n) is 9.13. The molecule has 0 aliphatic carbocycles. The van der Waals surface area contributed by atoms with Crippen LogP contribution in [0.4, 0.5) is 26.5 Å². The summed E-state index contributed by atoms with van der Waals surface area (Å²) in [7, 11) is 1.57. The molecule has 0 radical (unpaired) electrons. The molecule has 0 saturated carbocycles. The SMILES string of the molecule is COCCOc1cc(Nc2nc(N[C@@H](CNC(=O)OC(C)(C)C)Cn3cccn3)c(F)cc2C#N)ccn1. The number of amides is 1. The van der Waals surface area contributed by atoms with Gasteiger partial charge < -0.3 is 30.2 Å². The van der Waals surface area contributed by atoms with E-state index in [-0.39, 0.29) is 23.7 Å². The topological polar surface area (TPSA) is 148 Å². The number of nitriles is 1. The van der Waals surface area contributed by atoms with Crippen molar-refractivity contribution in [1.29, 1.82) is 5.26 Å². The van der Waals surface area contributed by atoms with Crippen molar-refractivity contribution in [3.63, 3.8) is 0 Å². The maximum Gasteiger partial charge on any atom is 0.407 e. The van der Waals surface area contributed by atoms with Gasteiger partial charge in [-0.05, 0) is 39.0 Å². The van der Waals surface area contributed by atoms with Gasteiger partial charge in [0.15, 0.2) is 17.5 Å². The lowest BCUT2D eigenvalue weighted by Crippen LogP contribution is -2.41. The molecule has 0 fully saturated rings. The third-order valence-corrected chi connectivity index (χ3v) is 4.83. The zero-order chi connectivity index (χ0) is 27.5. The van der Waals surface area contributed by atoms with E-state index in [4.69, 9.17) is 14.2 Å². The predicted octanol–water partition coefficient (Wildman–Crippen LogP) is 3.46. The molecule has 0 bridgehead atoms. The summed E-state index contributed by atoms with van der Waals surface area (Å²) in [6, 6.07) is 7.55. The lowest BCUT2D eigenvalue weighted by molar-refractivity contribution is 0.0524. The van der Waals surface area contributed by atoms with Crippen LogP contribution in [0.3, 0.4) is 0 Å². The summed E-state index contributed by atoms with van der Waals surface area (Å²) >= 11 is 0. The number of rotatable bonds is 12. The van der Waals surface area contributed by atoms with Crippen LogP contribution >= 0.6 is 0 Å². The Labute approximate surface area is 220 Å². The fourth-order valence-corrected chi connectivity index (χ4v) is 3.21. The number of nitrogens with one attached hydrogen (secondary N) is 3. The maximum absolute atomic E-state index is 15.0. The van der Waals surface area contributed by atoms with Gasteiger partial charge in [-0.3, -0.25) is 4.68 Å². The Kier molecular flexibility index (Phi) is 9.78. The largest absolute Gasteiger partial charge is 0.475 e. The molecule has 13 heteroatoms. The molecule has 3 rings (SSSR count). The van der Waals surface area contributed by atoms with Crippen molar-refractivity contribution < 1.29 is 23.4 Å². The van der Waals surface area contributed by atoms with Crippen LogP contribution in [0.15, 0.2) is 42.9 Å². The molecule has 0 aliphatic heterocycles. The lowest BCUT2D eigenvalue weighted by Gasteiger charge is -2.23. The number of anilines is 3. The van der Waals surface area contributed by atoms with E-state index in [0.29, 0.717) is 31.3 Å². The lowest BCUT2D eigenvalue weighted by atomic mass is 10.2. The smallest absolute Gasteiger partial charge is 0.407 e. The van der Waals surface area contributed by atoms with Crippen molar-refractivity contribution in [2.24, 2.45) is 0 Å². The number of hydrogen-bond donors (Lipinski definition) is 3. The molecule has 3 N–H and O–H groups in total. The first-order valence-corrected chi connectivity index (χ1v) is 11.8. The summed E-state index contributed by atoms with van der Waals surface area (Å²) in [5, 5.41) is 22.4. The number of aromatic nitrogens is 4. The summed E-state index contributed by atoms with van der Waals surface area (Å²) in [6.07, 6.45) is 4.28. The third-order valence-electron chi connectivity index (χ3n) is 4.83. The molecule has 3 heterocycles. The van der Waals surface area contributed by atoms with Gasteiger partial charge in [-0.1, -0.05) is 0 Å². The highest BCUT2D eigenvalue weighted by Crippen LogP contribution is 2.25. The molecule has 0 saturated heterocycles. The molecule has 3 aromatic rings. The number of carbonyl (C=O) groups excluding carboxylic acids is 1. The summed E-state index contributed by atoms with van der Waals surface area (Å²) in [4.78, 5) is 20.6. The van der Waals surface area contributed by atoms with Gasteiger partial charge in [-0.15, -0.1) is 0 Å². The summed E-state index contributed by atoms with van der Waals surface area (Å²) in [6.45, 7) is 6.37. The fourth-order valence-electron chi connectivity index (χ4n) is 3.21. The summed E-state index contributed by atoms with van der Waals surface area (Å²) in [5.41, 5.74) is -0.131. The number of nitrogens with zero attached hydrogens (tertiary/aromatic N) is 5. The first-order chi connectivity index (χ1) is 18.2. The number of carbonyl (C=O) groups is 1. The zero-order valence-electron chi connectivity index (χ0n) is 21.7. The van der Waals surface area contributed by atoms with Crippen LogP contribution in [0.1, 0.15) is 26.3 Å². The molecule has 0 spiro atoms. The fraction of sp³-hybridized carbons (Fsp3) is 0.400. The number of pyridine rings is 2. The van der Waals surface area contributed by atoms with E-state index < -0.39 is 23.6 Å². The van der Waals surface area contributed by atoms with E-state index in [9.17, 15) is 14.4 Å². The Morgan fingerprint density at radius 3 is 2.74 bits per heavy atom. The van der Waals surface area contributed by atoms with Crippen molar-refractivity contribution in [2.45, 2.75) is 39.0 Å². The van der Waals surface area contributed by atoms with E-state index in [1.54, 1.807) is 63.2 Å². The molecular formula is C25H31FN8O4. The van der Waals surface area contributed by atoms with Crippen LogP contribution in [-0.2, 0) is 16.0 Å². The number of halogens is 1. The molecule has 12 nitrogen and oxygen atoms in total. The van der Waals surface area contributed by atoms with Gasteiger partial charge in [0.05, 0.1) is 24.8 Å². The minimum Gasteiger partial charge on any atom is -0.475 e. The normalized spacial score (nSPS) is 11.8. The molecule has 0 unspecified atom stereocenters. The van der Waals surface area contributed by atoms with E-state index >= 15 is 0 Å².